The van der Waals surface area contributed by atoms with E-state index in [1.807, 2.05) is 11.8 Å². The van der Waals surface area contributed by atoms with Crippen molar-refractivity contribution in [2.45, 2.75) is 18.7 Å². The zero-order valence-corrected chi connectivity index (χ0v) is 8.20. The summed E-state index contributed by atoms with van der Waals surface area (Å²) in [5.74, 6) is 2.18. The van der Waals surface area contributed by atoms with Gasteiger partial charge in [0.15, 0.2) is 0 Å². The number of ether oxygens (including phenoxy) is 1. The van der Waals surface area contributed by atoms with E-state index in [0.717, 1.165) is 18.1 Å². The molecule has 0 saturated heterocycles. The van der Waals surface area contributed by atoms with E-state index in [1.54, 1.807) is 0 Å². The second-order valence-corrected chi connectivity index (χ2v) is 4.16. The Balaban J connectivity index is 2.57. The molecule has 1 aliphatic rings. The highest BCUT2D eigenvalue weighted by Gasteiger charge is 2.14. The molecule has 0 unspecified atom stereocenters. The molecule has 0 N–H and O–H groups in total. The van der Waals surface area contributed by atoms with Crippen LogP contribution in [-0.4, -0.2) is 12.4 Å². The van der Waals surface area contributed by atoms with Gasteiger partial charge in [-0.25, -0.2) is 0 Å². The van der Waals surface area contributed by atoms with Crippen LogP contribution in [0.1, 0.15) is 11.1 Å². The molecule has 0 fully saturated rings. The Morgan fingerprint density at radius 2 is 2.00 bits per heavy atom. The highest BCUT2D eigenvalue weighted by molar-refractivity contribution is 7.99. The third-order valence-electron chi connectivity index (χ3n) is 2.08. The quantitative estimate of drug-likeness (QED) is 0.607. The van der Waals surface area contributed by atoms with Crippen molar-refractivity contribution < 1.29 is 4.74 Å². The van der Waals surface area contributed by atoms with E-state index in [-0.39, 0.29) is 0 Å². The van der Waals surface area contributed by atoms with Crippen LogP contribution in [0.2, 0.25) is 0 Å². The van der Waals surface area contributed by atoms with Gasteiger partial charge in [-0.1, -0.05) is 12.1 Å². The second kappa shape index (κ2) is 3.02. The molecule has 12 heavy (non-hydrogen) atoms. The Morgan fingerprint density at radius 3 is 2.75 bits per heavy atom. The maximum absolute atomic E-state index is 5.61. The molecule has 1 aromatic rings. The molecule has 0 atom stereocenters. The summed E-state index contributed by atoms with van der Waals surface area (Å²) >= 11 is 1.90. The molecule has 0 saturated carbocycles. The summed E-state index contributed by atoms with van der Waals surface area (Å²) < 4.78 is 5.61. The molecule has 1 aliphatic heterocycles. The lowest BCUT2D eigenvalue weighted by atomic mass is 10.1. The van der Waals surface area contributed by atoms with Gasteiger partial charge in [0.1, 0.15) is 5.75 Å². The predicted octanol–water partition coefficient (Wildman–Crippen LogP) is 2.79. The van der Waals surface area contributed by atoms with Crippen LogP contribution < -0.4 is 4.74 Å². The van der Waals surface area contributed by atoms with Crippen molar-refractivity contribution in [1.29, 1.82) is 0 Å². The van der Waals surface area contributed by atoms with Crippen molar-refractivity contribution in [2.75, 3.05) is 12.4 Å². The van der Waals surface area contributed by atoms with E-state index in [9.17, 15) is 0 Å². The molecule has 0 radical (unpaired) electrons. The Bertz CT molecular complexity index is 276. The van der Waals surface area contributed by atoms with Gasteiger partial charge in [-0.3, -0.25) is 0 Å². The van der Waals surface area contributed by atoms with Gasteiger partial charge in [-0.05, 0) is 25.0 Å². The first-order chi connectivity index (χ1) is 5.79. The summed E-state index contributed by atoms with van der Waals surface area (Å²) in [6.45, 7) is 5.09. The van der Waals surface area contributed by atoms with Crippen LogP contribution >= 0.6 is 11.8 Å². The summed E-state index contributed by atoms with van der Waals surface area (Å²) in [5, 5.41) is 0. The van der Waals surface area contributed by atoms with E-state index < -0.39 is 0 Å². The molecule has 1 heterocycles. The van der Waals surface area contributed by atoms with Crippen molar-refractivity contribution in [3.63, 3.8) is 0 Å². The van der Waals surface area contributed by atoms with Gasteiger partial charge in [-0.2, -0.15) is 0 Å². The predicted molar refractivity (Wildman–Crippen MR) is 52.1 cm³/mol. The van der Waals surface area contributed by atoms with E-state index in [2.05, 4.69) is 26.0 Å². The minimum Gasteiger partial charge on any atom is -0.491 e. The van der Waals surface area contributed by atoms with E-state index in [0.29, 0.717) is 0 Å². The van der Waals surface area contributed by atoms with Gasteiger partial charge in [0.05, 0.1) is 11.5 Å². The minimum atomic E-state index is 0.849. The third kappa shape index (κ3) is 1.20. The van der Waals surface area contributed by atoms with Gasteiger partial charge in [-0.15, -0.1) is 11.8 Å². The number of aryl methyl sites for hydroxylation is 2. The number of rotatable bonds is 0. The lowest BCUT2D eigenvalue weighted by Gasteiger charge is -2.20. The molecule has 2 heteroatoms. The summed E-state index contributed by atoms with van der Waals surface area (Å²) in [7, 11) is 0. The average molecular weight is 180 g/mol. The molecular weight excluding hydrogens is 168 g/mol. The van der Waals surface area contributed by atoms with Crippen LogP contribution in [0.5, 0.6) is 5.75 Å². The van der Waals surface area contributed by atoms with Gasteiger partial charge < -0.3 is 4.74 Å². The fraction of sp³-hybridized carbons (Fsp3) is 0.400. The molecule has 0 bridgehead atoms. The zero-order valence-electron chi connectivity index (χ0n) is 7.39. The van der Waals surface area contributed by atoms with Crippen molar-refractivity contribution in [3.05, 3.63) is 23.3 Å². The fourth-order valence-electron chi connectivity index (χ4n) is 1.41. The molecular formula is C10H12OS. The van der Waals surface area contributed by atoms with Crippen molar-refractivity contribution in [3.8, 4) is 5.75 Å². The van der Waals surface area contributed by atoms with Crippen molar-refractivity contribution in [2.24, 2.45) is 0 Å². The zero-order chi connectivity index (χ0) is 8.55. The largest absolute Gasteiger partial charge is 0.491 e. The minimum absolute atomic E-state index is 0.849. The molecule has 0 amide bonds. The highest BCUT2D eigenvalue weighted by atomic mass is 32.2. The van der Waals surface area contributed by atoms with Crippen molar-refractivity contribution >= 4 is 11.8 Å². The van der Waals surface area contributed by atoms with Gasteiger partial charge in [0.25, 0.3) is 0 Å². The maximum Gasteiger partial charge on any atom is 0.136 e. The fourth-order valence-corrected chi connectivity index (χ4v) is 2.42. The number of hydrogen-bond acceptors (Lipinski definition) is 2. The molecule has 1 nitrogen and oxygen atoms in total. The van der Waals surface area contributed by atoms with E-state index >= 15 is 0 Å². The van der Waals surface area contributed by atoms with Crippen LogP contribution in [0.4, 0.5) is 0 Å². The molecule has 1 aromatic carbocycles. The Morgan fingerprint density at radius 1 is 1.25 bits per heavy atom. The topological polar surface area (TPSA) is 9.23 Å². The molecule has 0 spiro atoms. The van der Waals surface area contributed by atoms with E-state index in [1.165, 1.54) is 16.0 Å². The van der Waals surface area contributed by atoms with Gasteiger partial charge in [0.2, 0.25) is 0 Å². The van der Waals surface area contributed by atoms with Crippen LogP contribution in [0, 0.1) is 13.8 Å². The van der Waals surface area contributed by atoms with E-state index in [4.69, 9.17) is 4.74 Å². The summed E-state index contributed by atoms with van der Waals surface area (Å²) in [6, 6.07) is 4.29. The summed E-state index contributed by atoms with van der Waals surface area (Å²) in [5.41, 5.74) is 2.59. The summed E-state index contributed by atoms with van der Waals surface area (Å²) in [4.78, 5) is 1.33. The van der Waals surface area contributed by atoms with Crippen LogP contribution in [-0.2, 0) is 0 Å². The lowest BCUT2D eigenvalue weighted by Crippen LogP contribution is -2.08. The second-order valence-electron chi connectivity index (χ2n) is 3.05. The standard InChI is InChI=1S/C10H12OS/c1-7-3-4-8(2)10-9(7)11-5-6-12-10/h3-4H,5-6H2,1-2H3. The third-order valence-corrected chi connectivity index (χ3v) is 3.25. The first kappa shape index (κ1) is 7.99. The van der Waals surface area contributed by atoms with Crippen LogP contribution in [0.3, 0.4) is 0 Å². The van der Waals surface area contributed by atoms with Crippen LogP contribution in [0.25, 0.3) is 0 Å². The van der Waals surface area contributed by atoms with Gasteiger partial charge >= 0.3 is 0 Å². The SMILES string of the molecule is Cc1ccc(C)c2c1OCCS2. The highest BCUT2D eigenvalue weighted by Crippen LogP contribution is 2.37. The first-order valence-electron chi connectivity index (χ1n) is 4.15. The number of thioether (sulfide) groups is 1. The molecule has 0 aromatic heterocycles. The molecule has 2 rings (SSSR count). The maximum atomic E-state index is 5.61. The number of benzene rings is 1. The Kier molecular flexibility index (Phi) is 2.01. The molecule has 0 aliphatic carbocycles. The Labute approximate surface area is 77.1 Å². The monoisotopic (exact) mass is 180 g/mol. The first-order valence-corrected chi connectivity index (χ1v) is 5.13. The number of fused-ring (bicyclic) bond motifs is 1. The van der Waals surface area contributed by atoms with Crippen molar-refractivity contribution in [1.82, 2.24) is 0 Å². The normalized spacial score (nSPS) is 15.2. The average Bonchev–Trinajstić information content (AvgIpc) is 2.12. The number of hydrogen-bond donors (Lipinski definition) is 0. The summed E-state index contributed by atoms with van der Waals surface area (Å²) in [6.07, 6.45) is 0. The van der Waals surface area contributed by atoms with Crippen LogP contribution in [0.15, 0.2) is 17.0 Å². The Hall–Kier alpha value is -0.630. The smallest absolute Gasteiger partial charge is 0.136 e. The molecule has 64 valence electrons. The van der Waals surface area contributed by atoms with Gasteiger partial charge in [0, 0.05) is 5.75 Å². The lowest BCUT2D eigenvalue weighted by molar-refractivity contribution is 0.327.